The van der Waals surface area contributed by atoms with Crippen molar-refractivity contribution < 1.29 is 14.1 Å². The van der Waals surface area contributed by atoms with Gasteiger partial charge in [0.05, 0.1) is 15.5 Å². The number of furan rings is 1. The minimum absolute atomic E-state index is 0.0506. The maximum atomic E-state index is 12.4. The summed E-state index contributed by atoms with van der Waals surface area (Å²) in [7, 11) is 0. The number of amides is 1. The molecule has 7 nitrogen and oxygen atoms in total. The first-order valence-electron chi connectivity index (χ1n) is 9.32. The van der Waals surface area contributed by atoms with Gasteiger partial charge in [-0.25, -0.2) is 4.99 Å². The zero-order chi connectivity index (χ0) is 23.0. The number of nitro benzene ring substituents is 1. The maximum absolute atomic E-state index is 12.4. The molecule has 2 heterocycles. The van der Waals surface area contributed by atoms with Gasteiger partial charge in [-0.3, -0.25) is 14.9 Å². The monoisotopic (exact) mass is 531 g/mol. The number of nitrogens with zero attached hydrogens (tertiary/aromatic N) is 2. The number of hydrogen-bond donors (Lipinski definition) is 1. The Kier molecular flexibility index (Phi) is 6.23. The Morgan fingerprint density at radius 2 is 1.91 bits per heavy atom. The van der Waals surface area contributed by atoms with Gasteiger partial charge in [0, 0.05) is 22.2 Å². The highest BCUT2D eigenvalue weighted by Crippen LogP contribution is 2.34. The lowest BCUT2D eigenvalue weighted by atomic mass is 10.1. The summed E-state index contributed by atoms with van der Waals surface area (Å²) < 4.78 is 6.80. The van der Waals surface area contributed by atoms with Crippen LogP contribution in [0.4, 0.5) is 11.4 Å². The van der Waals surface area contributed by atoms with Gasteiger partial charge in [0.15, 0.2) is 5.17 Å². The first-order valence-corrected chi connectivity index (χ1v) is 11.3. The molecular formula is C22H15BrClN3O4S. The lowest BCUT2D eigenvalue weighted by Gasteiger charge is -2.04. The van der Waals surface area contributed by atoms with Crippen molar-refractivity contribution in [2.24, 2.45) is 4.99 Å². The van der Waals surface area contributed by atoms with E-state index in [1.165, 1.54) is 23.9 Å². The Balaban J connectivity index is 1.57. The molecule has 1 amide bonds. The highest BCUT2D eigenvalue weighted by Gasteiger charge is 2.24. The molecule has 0 bridgehead atoms. The van der Waals surface area contributed by atoms with Gasteiger partial charge in [-0.1, -0.05) is 27.5 Å². The molecule has 32 heavy (non-hydrogen) atoms. The van der Waals surface area contributed by atoms with Gasteiger partial charge in [-0.15, -0.1) is 0 Å². The van der Waals surface area contributed by atoms with Gasteiger partial charge in [0.2, 0.25) is 0 Å². The predicted molar refractivity (Wildman–Crippen MR) is 130 cm³/mol. The first-order chi connectivity index (χ1) is 15.2. The lowest BCUT2D eigenvalue weighted by Crippen LogP contribution is -2.19. The third kappa shape index (κ3) is 4.64. The molecule has 1 N–H and O–H groups in total. The van der Waals surface area contributed by atoms with Crippen molar-refractivity contribution >= 4 is 67.8 Å². The number of aryl methyl sites for hydroxylation is 2. The van der Waals surface area contributed by atoms with Crippen molar-refractivity contribution in [1.29, 1.82) is 0 Å². The maximum Gasteiger partial charge on any atom is 0.288 e. The number of nitrogens with one attached hydrogen (secondary N) is 1. The Hall–Kier alpha value is -2.88. The average Bonchev–Trinajstić information content (AvgIpc) is 3.33. The first kappa shape index (κ1) is 22.3. The number of thioether (sulfide) groups is 1. The molecule has 4 rings (SSSR count). The molecule has 1 aliphatic rings. The van der Waals surface area contributed by atoms with E-state index in [0.717, 1.165) is 21.3 Å². The molecule has 0 atom stereocenters. The Morgan fingerprint density at radius 3 is 2.59 bits per heavy atom. The molecule has 162 valence electrons. The van der Waals surface area contributed by atoms with Crippen LogP contribution in [-0.2, 0) is 4.79 Å². The second kappa shape index (κ2) is 8.93. The molecule has 2 aromatic carbocycles. The molecule has 3 aromatic rings. The summed E-state index contributed by atoms with van der Waals surface area (Å²) in [6, 6.07) is 11.7. The quantitative estimate of drug-likeness (QED) is 0.227. The summed E-state index contributed by atoms with van der Waals surface area (Å²) in [5, 5.41) is 14.4. The number of carbonyl (C=O) groups is 1. The van der Waals surface area contributed by atoms with Crippen molar-refractivity contribution in [2.45, 2.75) is 13.8 Å². The number of hydrogen-bond acceptors (Lipinski definition) is 6. The number of aliphatic imine (C=N–C) groups is 1. The molecule has 0 aliphatic carbocycles. The molecule has 1 saturated heterocycles. The van der Waals surface area contributed by atoms with Crippen LogP contribution in [0.5, 0.6) is 0 Å². The Morgan fingerprint density at radius 1 is 1.19 bits per heavy atom. The molecule has 0 unspecified atom stereocenters. The van der Waals surface area contributed by atoms with E-state index in [0.29, 0.717) is 27.2 Å². The van der Waals surface area contributed by atoms with Gasteiger partial charge >= 0.3 is 0 Å². The fourth-order valence-electron chi connectivity index (χ4n) is 3.11. The van der Waals surface area contributed by atoms with Gasteiger partial charge in [0.25, 0.3) is 11.6 Å². The zero-order valence-corrected chi connectivity index (χ0v) is 20.0. The summed E-state index contributed by atoms with van der Waals surface area (Å²) in [4.78, 5) is 27.9. The van der Waals surface area contributed by atoms with E-state index in [2.05, 4.69) is 26.2 Å². The fourth-order valence-corrected chi connectivity index (χ4v) is 4.34. The van der Waals surface area contributed by atoms with Crippen molar-refractivity contribution in [3.05, 3.63) is 83.9 Å². The molecule has 0 spiro atoms. The van der Waals surface area contributed by atoms with Crippen LogP contribution >= 0.6 is 39.3 Å². The molecule has 10 heteroatoms. The molecule has 0 radical (unpaired) electrons. The predicted octanol–water partition coefficient (Wildman–Crippen LogP) is 6.78. The lowest BCUT2D eigenvalue weighted by molar-refractivity contribution is -0.384. The summed E-state index contributed by atoms with van der Waals surface area (Å²) in [5.74, 6) is 0.584. The van der Waals surface area contributed by atoms with Gasteiger partial charge in [-0.05, 0) is 73.1 Å². The highest BCUT2D eigenvalue weighted by atomic mass is 79.9. The van der Waals surface area contributed by atoms with E-state index in [4.69, 9.17) is 16.0 Å². The largest absolute Gasteiger partial charge is 0.457 e. The normalized spacial score (nSPS) is 16.1. The number of benzene rings is 2. The highest BCUT2D eigenvalue weighted by molar-refractivity contribution is 9.10. The van der Waals surface area contributed by atoms with E-state index in [9.17, 15) is 14.9 Å². The third-order valence-corrected chi connectivity index (χ3v) is 7.11. The number of carbonyl (C=O) groups excluding carboxylic acids is 1. The molecule has 1 aliphatic heterocycles. The van der Waals surface area contributed by atoms with Crippen molar-refractivity contribution in [3.63, 3.8) is 0 Å². The second-order valence-electron chi connectivity index (χ2n) is 7.00. The van der Waals surface area contributed by atoms with Crippen LogP contribution in [0.1, 0.15) is 16.9 Å². The minimum atomic E-state index is -0.549. The second-order valence-corrected chi connectivity index (χ2v) is 9.23. The van der Waals surface area contributed by atoms with Gasteiger partial charge < -0.3 is 9.73 Å². The molecular weight excluding hydrogens is 518 g/mol. The number of nitro groups is 1. The fraction of sp³-hybridized carbons (Fsp3) is 0.0909. The van der Waals surface area contributed by atoms with E-state index >= 15 is 0 Å². The van der Waals surface area contributed by atoms with Crippen LogP contribution in [0, 0.1) is 24.0 Å². The smallest absolute Gasteiger partial charge is 0.288 e. The topological polar surface area (TPSA) is 97.7 Å². The van der Waals surface area contributed by atoms with Crippen LogP contribution in [0.15, 0.2) is 61.3 Å². The van der Waals surface area contributed by atoms with Crippen LogP contribution in [-0.4, -0.2) is 16.0 Å². The molecule has 0 saturated carbocycles. The third-order valence-electron chi connectivity index (χ3n) is 4.63. The number of rotatable bonds is 4. The molecule has 1 aromatic heterocycles. The summed E-state index contributed by atoms with van der Waals surface area (Å²) in [6.45, 7) is 3.96. The van der Waals surface area contributed by atoms with E-state index < -0.39 is 4.92 Å². The van der Waals surface area contributed by atoms with Crippen LogP contribution in [0.3, 0.4) is 0 Å². The average molecular weight is 533 g/mol. The van der Waals surface area contributed by atoms with E-state index in [1.54, 1.807) is 24.3 Å². The number of amidine groups is 1. The SMILES string of the molecule is Cc1cc(N=C2NC(=O)/C(=C\c3ccc(-c4ccc(Cl)c([N+](=O)[O-])c4)o3)S2)cc(C)c1Br. The number of halogens is 2. The van der Waals surface area contributed by atoms with Gasteiger partial charge in [-0.2, -0.15) is 0 Å². The van der Waals surface area contributed by atoms with Crippen LogP contribution < -0.4 is 5.32 Å². The van der Waals surface area contributed by atoms with Gasteiger partial charge in [0.1, 0.15) is 16.5 Å². The van der Waals surface area contributed by atoms with Crippen LogP contribution in [0.2, 0.25) is 5.02 Å². The van der Waals surface area contributed by atoms with E-state index in [1.807, 2.05) is 26.0 Å². The van der Waals surface area contributed by atoms with E-state index in [-0.39, 0.29) is 16.6 Å². The summed E-state index contributed by atoms with van der Waals surface area (Å²) in [5.41, 5.74) is 3.17. The summed E-state index contributed by atoms with van der Waals surface area (Å²) in [6.07, 6.45) is 1.61. The Bertz CT molecular complexity index is 1310. The van der Waals surface area contributed by atoms with Crippen molar-refractivity contribution in [3.8, 4) is 11.3 Å². The van der Waals surface area contributed by atoms with Crippen LogP contribution in [0.25, 0.3) is 17.4 Å². The summed E-state index contributed by atoms with van der Waals surface area (Å²) >= 11 is 10.6. The standard InChI is InChI=1S/C22H15BrClN3O4S/c1-11-7-14(8-12(2)20(11)23)25-22-26-21(28)19(32-22)10-15-4-6-18(31-15)13-3-5-16(24)17(9-13)27(29)30/h3-10H,1-2H3,(H,25,26,28)/b19-10+. The van der Waals surface area contributed by atoms with Crippen molar-refractivity contribution in [1.82, 2.24) is 5.32 Å². The minimum Gasteiger partial charge on any atom is -0.457 e. The van der Waals surface area contributed by atoms with Crippen molar-refractivity contribution in [2.75, 3.05) is 0 Å². The zero-order valence-electron chi connectivity index (χ0n) is 16.8. The molecule has 1 fully saturated rings. The Labute approximate surface area is 200 Å².